The van der Waals surface area contributed by atoms with E-state index < -0.39 is 0 Å². The smallest absolute Gasteiger partial charge is 0.152 e. The maximum Gasteiger partial charge on any atom is 0.152 e. The molecule has 0 aliphatic heterocycles. The van der Waals surface area contributed by atoms with Crippen LogP contribution in [0.15, 0.2) is 18.2 Å². The van der Waals surface area contributed by atoms with E-state index in [0.717, 1.165) is 24.2 Å². The molecule has 1 aromatic carbocycles. The van der Waals surface area contributed by atoms with Gasteiger partial charge in [-0.05, 0) is 31.9 Å². The third-order valence-electron chi connectivity index (χ3n) is 3.07. The first-order chi connectivity index (χ1) is 9.04. The molecule has 4 nitrogen and oxygen atoms in total. The lowest BCUT2D eigenvalue weighted by molar-refractivity contribution is 0.603. The standard InChI is InChI=1S/C14H19FN4/c1-4-8-19-14(12(16)10(3)18-19)17-13-9(2)6-5-7-11(13)15/h5-7,17H,4,8,16H2,1-3H3. The second-order valence-corrected chi connectivity index (χ2v) is 4.63. The normalized spacial score (nSPS) is 10.7. The number of aromatic nitrogens is 2. The van der Waals surface area contributed by atoms with Crippen LogP contribution in [0.1, 0.15) is 24.6 Å². The first-order valence-electron chi connectivity index (χ1n) is 6.39. The number of anilines is 3. The van der Waals surface area contributed by atoms with Gasteiger partial charge in [0.25, 0.3) is 0 Å². The van der Waals surface area contributed by atoms with Gasteiger partial charge in [0.15, 0.2) is 5.82 Å². The summed E-state index contributed by atoms with van der Waals surface area (Å²) in [6.07, 6.45) is 0.936. The molecule has 2 rings (SSSR count). The van der Waals surface area contributed by atoms with Gasteiger partial charge in [-0.25, -0.2) is 9.07 Å². The summed E-state index contributed by atoms with van der Waals surface area (Å²) in [6.45, 7) is 6.51. The molecule has 2 aromatic rings. The first kappa shape index (κ1) is 13.4. The molecule has 102 valence electrons. The van der Waals surface area contributed by atoms with Gasteiger partial charge in [-0.15, -0.1) is 0 Å². The Kier molecular flexibility index (Phi) is 3.74. The Morgan fingerprint density at radius 3 is 2.74 bits per heavy atom. The van der Waals surface area contributed by atoms with Crippen molar-refractivity contribution in [2.24, 2.45) is 0 Å². The van der Waals surface area contributed by atoms with E-state index in [1.807, 2.05) is 19.9 Å². The predicted molar refractivity (Wildman–Crippen MR) is 76.1 cm³/mol. The van der Waals surface area contributed by atoms with Crippen LogP contribution in [0, 0.1) is 19.7 Å². The molecule has 0 aliphatic rings. The van der Waals surface area contributed by atoms with Crippen molar-refractivity contribution >= 4 is 17.2 Å². The summed E-state index contributed by atoms with van der Waals surface area (Å²) in [5, 5.41) is 7.45. The summed E-state index contributed by atoms with van der Waals surface area (Å²) in [4.78, 5) is 0. The fraction of sp³-hybridized carbons (Fsp3) is 0.357. The van der Waals surface area contributed by atoms with Crippen molar-refractivity contribution < 1.29 is 4.39 Å². The van der Waals surface area contributed by atoms with Gasteiger partial charge < -0.3 is 11.1 Å². The largest absolute Gasteiger partial charge is 0.394 e. The van der Waals surface area contributed by atoms with Crippen molar-refractivity contribution in [2.45, 2.75) is 33.7 Å². The third kappa shape index (κ3) is 2.54. The van der Waals surface area contributed by atoms with Crippen LogP contribution < -0.4 is 11.1 Å². The van der Waals surface area contributed by atoms with E-state index in [-0.39, 0.29) is 5.82 Å². The maximum absolute atomic E-state index is 13.9. The highest BCUT2D eigenvalue weighted by Crippen LogP contribution is 2.29. The maximum atomic E-state index is 13.9. The molecule has 0 unspecified atom stereocenters. The summed E-state index contributed by atoms with van der Waals surface area (Å²) in [5.74, 6) is 0.369. The number of hydrogen-bond donors (Lipinski definition) is 2. The minimum absolute atomic E-state index is 0.290. The monoisotopic (exact) mass is 262 g/mol. The average molecular weight is 262 g/mol. The topological polar surface area (TPSA) is 55.9 Å². The summed E-state index contributed by atoms with van der Waals surface area (Å²) in [6, 6.07) is 4.97. The summed E-state index contributed by atoms with van der Waals surface area (Å²) in [5.41, 5.74) is 8.62. The number of nitrogens with two attached hydrogens (primary N) is 1. The van der Waals surface area contributed by atoms with Crippen LogP contribution >= 0.6 is 0 Å². The molecule has 0 spiro atoms. The number of nitrogen functional groups attached to an aromatic ring is 1. The van der Waals surface area contributed by atoms with Crippen LogP contribution in [0.5, 0.6) is 0 Å². The zero-order valence-corrected chi connectivity index (χ0v) is 11.5. The van der Waals surface area contributed by atoms with E-state index in [9.17, 15) is 4.39 Å². The van der Waals surface area contributed by atoms with E-state index in [1.54, 1.807) is 10.7 Å². The van der Waals surface area contributed by atoms with Gasteiger partial charge >= 0.3 is 0 Å². The molecule has 19 heavy (non-hydrogen) atoms. The molecule has 0 saturated heterocycles. The van der Waals surface area contributed by atoms with Gasteiger partial charge in [-0.2, -0.15) is 5.10 Å². The minimum atomic E-state index is -0.290. The molecule has 0 radical (unpaired) electrons. The number of rotatable bonds is 4. The highest BCUT2D eigenvalue weighted by molar-refractivity contribution is 5.72. The minimum Gasteiger partial charge on any atom is -0.394 e. The molecular formula is C14H19FN4. The zero-order chi connectivity index (χ0) is 14.0. The van der Waals surface area contributed by atoms with Crippen LogP contribution in [-0.4, -0.2) is 9.78 Å². The molecule has 0 bridgehead atoms. The number of aryl methyl sites for hydroxylation is 3. The van der Waals surface area contributed by atoms with E-state index in [0.29, 0.717) is 17.2 Å². The van der Waals surface area contributed by atoms with Crippen molar-refractivity contribution in [3.05, 3.63) is 35.3 Å². The Balaban J connectivity index is 2.43. The van der Waals surface area contributed by atoms with Crippen molar-refractivity contribution in [1.82, 2.24) is 9.78 Å². The van der Waals surface area contributed by atoms with Gasteiger partial charge in [-0.3, -0.25) is 0 Å². The Hall–Kier alpha value is -2.04. The number of nitrogens with zero attached hydrogens (tertiary/aromatic N) is 2. The fourth-order valence-corrected chi connectivity index (χ4v) is 2.01. The lowest BCUT2D eigenvalue weighted by atomic mass is 10.2. The summed E-state index contributed by atoms with van der Waals surface area (Å²) >= 11 is 0. The SMILES string of the molecule is CCCn1nc(C)c(N)c1Nc1c(C)cccc1F. The quantitative estimate of drug-likeness (QED) is 0.888. The van der Waals surface area contributed by atoms with Crippen LogP contribution in [0.2, 0.25) is 0 Å². The lowest BCUT2D eigenvalue weighted by Gasteiger charge is -2.13. The summed E-state index contributed by atoms with van der Waals surface area (Å²) in [7, 11) is 0. The molecule has 0 aliphatic carbocycles. The molecule has 1 heterocycles. The van der Waals surface area contributed by atoms with Gasteiger partial charge in [0.05, 0.1) is 17.1 Å². The van der Waals surface area contributed by atoms with Gasteiger partial charge in [0.1, 0.15) is 5.82 Å². The predicted octanol–water partition coefficient (Wildman–Crippen LogP) is 3.37. The number of hydrogen-bond acceptors (Lipinski definition) is 3. The Morgan fingerprint density at radius 1 is 1.37 bits per heavy atom. The second-order valence-electron chi connectivity index (χ2n) is 4.63. The Morgan fingerprint density at radius 2 is 2.11 bits per heavy atom. The van der Waals surface area contributed by atoms with Crippen LogP contribution in [0.4, 0.5) is 21.6 Å². The lowest BCUT2D eigenvalue weighted by Crippen LogP contribution is -2.07. The van der Waals surface area contributed by atoms with E-state index in [2.05, 4.69) is 17.3 Å². The van der Waals surface area contributed by atoms with E-state index >= 15 is 0 Å². The van der Waals surface area contributed by atoms with Crippen molar-refractivity contribution in [3.8, 4) is 0 Å². The van der Waals surface area contributed by atoms with Gasteiger partial charge in [0.2, 0.25) is 0 Å². The van der Waals surface area contributed by atoms with Gasteiger partial charge in [-0.1, -0.05) is 19.1 Å². The molecular weight excluding hydrogens is 243 g/mol. The highest BCUT2D eigenvalue weighted by atomic mass is 19.1. The molecule has 0 atom stereocenters. The third-order valence-corrected chi connectivity index (χ3v) is 3.07. The number of nitrogens with one attached hydrogen (secondary N) is 1. The average Bonchev–Trinajstić information content (AvgIpc) is 2.62. The second kappa shape index (κ2) is 5.30. The van der Waals surface area contributed by atoms with Crippen LogP contribution in [0.25, 0.3) is 0 Å². The van der Waals surface area contributed by atoms with E-state index in [1.165, 1.54) is 6.07 Å². The van der Waals surface area contributed by atoms with Crippen LogP contribution in [-0.2, 0) is 6.54 Å². The zero-order valence-electron chi connectivity index (χ0n) is 11.5. The van der Waals surface area contributed by atoms with Crippen molar-refractivity contribution in [2.75, 3.05) is 11.1 Å². The molecule has 3 N–H and O–H groups in total. The molecule has 0 amide bonds. The molecule has 0 fully saturated rings. The fourth-order valence-electron chi connectivity index (χ4n) is 2.01. The molecule has 0 saturated carbocycles. The molecule has 1 aromatic heterocycles. The van der Waals surface area contributed by atoms with Crippen molar-refractivity contribution in [3.63, 3.8) is 0 Å². The number of halogens is 1. The first-order valence-corrected chi connectivity index (χ1v) is 6.39. The van der Waals surface area contributed by atoms with E-state index in [4.69, 9.17) is 5.73 Å². The number of para-hydroxylation sites is 1. The summed E-state index contributed by atoms with van der Waals surface area (Å²) < 4.78 is 15.6. The number of benzene rings is 1. The highest BCUT2D eigenvalue weighted by Gasteiger charge is 2.14. The van der Waals surface area contributed by atoms with Crippen LogP contribution in [0.3, 0.4) is 0 Å². The molecule has 5 heteroatoms. The van der Waals surface area contributed by atoms with Gasteiger partial charge in [0, 0.05) is 6.54 Å². The Bertz CT molecular complexity index is 569. The van der Waals surface area contributed by atoms with Crippen molar-refractivity contribution in [1.29, 1.82) is 0 Å². The Labute approximate surface area is 112 Å².